The molecule has 114 valence electrons. The zero-order valence-electron chi connectivity index (χ0n) is 12.7. The lowest BCUT2D eigenvalue weighted by atomic mass is 10.0. The fourth-order valence-corrected chi connectivity index (χ4v) is 2.70. The van der Waals surface area contributed by atoms with E-state index < -0.39 is 0 Å². The number of carbonyl (C=O) groups excluding carboxylic acids is 1. The largest absolute Gasteiger partial charge is 0.461 e. The first-order valence-electron chi connectivity index (χ1n) is 7.21. The van der Waals surface area contributed by atoms with E-state index in [9.17, 15) is 4.79 Å². The van der Waals surface area contributed by atoms with Crippen LogP contribution < -0.4 is 0 Å². The summed E-state index contributed by atoms with van der Waals surface area (Å²) in [5, 5.41) is 0. The summed E-state index contributed by atoms with van der Waals surface area (Å²) >= 11 is 1.75. The van der Waals surface area contributed by atoms with Gasteiger partial charge in [0.05, 0.1) is 0 Å². The fraction of sp³-hybridized carbons (Fsp3) is 0.211. The summed E-state index contributed by atoms with van der Waals surface area (Å²) in [6.07, 6.45) is 0. The van der Waals surface area contributed by atoms with Gasteiger partial charge in [0.2, 0.25) is 0 Å². The van der Waals surface area contributed by atoms with Gasteiger partial charge in [-0.2, -0.15) is 11.8 Å². The van der Waals surface area contributed by atoms with Gasteiger partial charge in [-0.1, -0.05) is 61.2 Å². The minimum absolute atomic E-state index is 0.312. The second-order valence-electron chi connectivity index (χ2n) is 5.03. The van der Waals surface area contributed by atoms with E-state index in [1.807, 2.05) is 18.2 Å². The SMILES string of the molecule is C=C(C)C(=O)OCCSCc1ccc(-c2ccccc2)cc1. The molecule has 0 aliphatic carbocycles. The number of hydrogen-bond acceptors (Lipinski definition) is 3. The first-order chi connectivity index (χ1) is 10.7. The molecule has 0 heterocycles. The molecule has 22 heavy (non-hydrogen) atoms. The predicted octanol–water partition coefficient (Wildman–Crippen LogP) is 4.71. The first-order valence-corrected chi connectivity index (χ1v) is 8.37. The summed E-state index contributed by atoms with van der Waals surface area (Å²) in [7, 11) is 0. The highest BCUT2D eigenvalue weighted by Crippen LogP contribution is 2.21. The Kier molecular flexibility index (Phi) is 6.28. The molecule has 0 spiro atoms. The average molecular weight is 312 g/mol. The number of carbonyl (C=O) groups is 1. The van der Waals surface area contributed by atoms with Gasteiger partial charge in [-0.15, -0.1) is 0 Å². The molecule has 0 aliphatic rings. The third-order valence-corrected chi connectivity index (χ3v) is 4.13. The van der Waals surface area contributed by atoms with Crippen LogP contribution in [-0.4, -0.2) is 18.3 Å². The quantitative estimate of drug-likeness (QED) is 0.421. The standard InChI is InChI=1S/C19H20O2S/c1-15(2)19(20)21-12-13-22-14-16-8-10-18(11-9-16)17-6-4-3-5-7-17/h3-11H,1,12-14H2,2H3. The van der Waals surface area contributed by atoms with Crippen LogP contribution in [-0.2, 0) is 15.3 Å². The minimum Gasteiger partial charge on any atom is -0.461 e. The molecule has 2 aromatic carbocycles. The van der Waals surface area contributed by atoms with Crippen LogP contribution in [0.15, 0.2) is 66.7 Å². The highest BCUT2D eigenvalue weighted by Gasteiger charge is 2.02. The molecule has 0 amide bonds. The molecule has 2 nitrogen and oxygen atoms in total. The van der Waals surface area contributed by atoms with Crippen LogP contribution in [0.1, 0.15) is 12.5 Å². The average Bonchev–Trinajstić information content (AvgIpc) is 2.55. The van der Waals surface area contributed by atoms with Gasteiger partial charge in [0.15, 0.2) is 0 Å². The second kappa shape index (κ2) is 8.44. The van der Waals surface area contributed by atoms with E-state index in [0.29, 0.717) is 12.2 Å². The van der Waals surface area contributed by atoms with Gasteiger partial charge in [0.25, 0.3) is 0 Å². The molecule has 0 fully saturated rings. The molecule has 0 saturated carbocycles. The third kappa shape index (κ3) is 5.08. The Morgan fingerprint density at radius 2 is 1.68 bits per heavy atom. The molecular weight excluding hydrogens is 292 g/mol. The number of thioether (sulfide) groups is 1. The molecule has 0 saturated heterocycles. The van der Waals surface area contributed by atoms with Crippen LogP contribution in [0.25, 0.3) is 11.1 Å². The van der Waals surface area contributed by atoms with Crippen LogP contribution in [0.5, 0.6) is 0 Å². The summed E-state index contributed by atoms with van der Waals surface area (Å²) in [6.45, 7) is 5.64. The van der Waals surface area contributed by atoms with E-state index in [1.54, 1.807) is 18.7 Å². The second-order valence-corrected chi connectivity index (χ2v) is 6.14. The highest BCUT2D eigenvalue weighted by atomic mass is 32.2. The van der Waals surface area contributed by atoms with Crippen molar-refractivity contribution in [1.82, 2.24) is 0 Å². The monoisotopic (exact) mass is 312 g/mol. The number of benzene rings is 2. The smallest absolute Gasteiger partial charge is 0.333 e. The lowest BCUT2D eigenvalue weighted by Gasteiger charge is -2.06. The maximum Gasteiger partial charge on any atom is 0.333 e. The van der Waals surface area contributed by atoms with E-state index in [1.165, 1.54) is 16.7 Å². The molecule has 0 bridgehead atoms. The van der Waals surface area contributed by atoms with Gasteiger partial charge < -0.3 is 4.74 Å². The Bertz CT molecular complexity index is 618. The molecule has 0 aliphatic heterocycles. The van der Waals surface area contributed by atoms with E-state index in [0.717, 1.165) is 11.5 Å². The molecule has 2 aromatic rings. The number of ether oxygens (including phenoxy) is 1. The van der Waals surface area contributed by atoms with Gasteiger partial charge in [-0.25, -0.2) is 4.79 Å². The maximum absolute atomic E-state index is 11.2. The summed E-state index contributed by atoms with van der Waals surface area (Å²) in [6, 6.07) is 18.9. The molecule has 0 aromatic heterocycles. The topological polar surface area (TPSA) is 26.3 Å². The number of esters is 1. The maximum atomic E-state index is 11.2. The summed E-state index contributed by atoms with van der Waals surface area (Å²) in [5.74, 6) is 1.40. The van der Waals surface area contributed by atoms with Crippen molar-refractivity contribution >= 4 is 17.7 Å². The molecule has 0 N–H and O–H groups in total. The summed E-state index contributed by atoms with van der Waals surface area (Å²) < 4.78 is 5.06. The molecular formula is C19H20O2S. The summed E-state index contributed by atoms with van der Waals surface area (Å²) in [5.41, 5.74) is 4.18. The zero-order valence-corrected chi connectivity index (χ0v) is 13.6. The Hall–Kier alpha value is -2.00. The van der Waals surface area contributed by atoms with Crippen molar-refractivity contribution in [3.8, 4) is 11.1 Å². The van der Waals surface area contributed by atoms with Gasteiger partial charge in [-0.3, -0.25) is 0 Å². The van der Waals surface area contributed by atoms with Crippen molar-refractivity contribution in [2.24, 2.45) is 0 Å². The van der Waals surface area contributed by atoms with Crippen LogP contribution in [0, 0.1) is 0 Å². The lowest BCUT2D eigenvalue weighted by molar-refractivity contribution is -0.138. The van der Waals surface area contributed by atoms with Crippen molar-refractivity contribution < 1.29 is 9.53 Å². The van der Waals surface area contributed by atoms with Crippen LogP contribution in [0.4, 0.5) is 0 Å². The minimum atomic E-state index is -0.312. The van der Waals surface area contributed by atoms with Crippen LogP contribution in [0.2, 0.25) is 0 Å². The number of hydrogen-bond donors (Lipinski definition) is 0. The highest BCUT2D eigenvalue weighted by molar-refractivity contribution is 7.98. The number of rotatable bonds is 7. The van der Waals surface area contributed by atoms with E-state index in [2.05, 4.69) is 43.0 Å². The Labute approximate surface area is 136 Å². The predicted molar refractivity (Wildman–Crippen MR) is 93.8 cm³/mol. The first kappa shape index (κ1) is 16.4. The lowest BCUT2D eigenvalue weighted by Crippen LogP contribution is -2.07. The van der Waals surface area contributed by atoms with Crippen LogP contribution >= 0.6 is 11.8 Å². The van der Waals surface area contributed by atoms with Crippen molar-refractivity contribution in [1.29, 1.82) is 0 Å². The summed E-state index contributed by atoms with van der Waals surface area (Å²) in [4.78, 5) is 11.2. The van der Waals surface area contributed by atoms with Crippen molar-refractivity contribution in [3.63, 3.8) is 0 Å². The van der Waals surface area contributed by atoms with Gasteiger partial charge >= 0.3 is 5.97 Å². The Morgan fingerprint density at radius 3 is 2.32 bits per heavy atom. The van der Waals surface area contributed by atoms with Gasteiger partial charge in [0, 0.05) is 17.1 Å². The zero-order chi connectivity index (χ0) is 15.8. The molecule has 0 radical (unpaired) electrons. The van der Waals surface area contributed by atoms with Crippen LogP contribution in [0.3, 0.4) is 0 Å². The van der Waals surface area contributed by atoms with Gasteiger partial charge in [-0.05, 0) is 23.6 Å². The van der Waals surface area contributed by atoms with Crippen molar-refractivity contribution in [2.45, 2.75) is 12.7 Å². The van der Waals surface area contributed by atoms with Crippen molar-refractivity contribution in [3.05, 3.63) is 72.3 Å². The van der Waals surface area contributed by atoms with Gasteiger partial charge in [0.1, 0.15) is 6.61 Å². The Morgan fingerprint density at radius 1 is 1.05 bits per heavy atom. The normalized spacial score (nSPS) is 10.2. The van der Waals surface area contributed by atoms with E-state index >= 15 is 0 Å². The molecule has 2 rings (SSSR count). The fourth-order valence-electron chi connectivity index (χ4n) is 1.93. The molecule has 3 heteroatoms. The van der Waals surface area contributed by atoms with Crippen molar-refractivity contribution in [2.75, 3.05) is 12.4 Å². The third-order valence-electron chi connectivity index (χ3n) is 3.14. The Balaban J connectivity index is 1.75. The molecule has 0 atom stereocenters. The molecule has 0 unspecified atom stereocenters. The van der Waals surface area contributed by atoms with E-state index in [4.69, 9.17) is 4.74 Å². The van der Waals surface area contributed by atoms with E-state index in [-0.39, 0.29) is 5.97 Å².